The quantitative estimate of drug-likeness (QED) is 0.846. The molecule has 0 aromatic heterocycles. The summed E-state index contributed by atoms with van der Waals surface area (Å²) in [5.74, 6) is 0.923. The molecule has 2 nitrogen and oxygen atoms in total. The molecule has 3 rings (SSSR count). The second-order valence-electron chi connectivity index (χ2n) is 5.19. The largest absolute Gasteiger partial charge is 0.381 e. The molecule has 2 atom stereocenters. The number of hydrogen-bond donors (Lipinski definition) is 1. The van der Waals surface area contributed by atoms with Gasteiger partial charge in [0, 0.05) is 23.6 Å². The normalized spacial score (nSPS) is 27.1. The number of nitrogens with one attached hydrogen (secondary N) is 1. The molecule has 2 unspecified atom stereocenters. The molecule has 2 aliphatic heterocycles. The molecule has 17 heavy (non-hydrogen) atoms. The lowest BCUT2D eigenvalue weighted by molar-refractivity contribution is 0.336. The van der Waals surface area contributed by atoms with Gasteiger partial charge in [-0.05, 0) is 37.0 Å². The van der Waals surface area contributed by atoms with Crippen molar-refractivity contribution >= 4 is 27.3 Å². The summed E-state index contributed by atoms with van der Waals surface area (Å²) in [6, 6.07) is 7.24. The number of hydrogen-bond acceptors (Lipinski definition) is 2. The van der Waals surface area contributed by atoms with Crippen molar-refractivity contribution in [2.75, 3.05) is 23.3 Å². The molecule has 3 heteroatoms. The molecular weight excluding hydrogens is 276 g/mol. The average Bonchev–Trinajstić information content (AvgIpc) is 2.37. The van der Waals surface area contributed by atoms with Crippen LogP contribution in [0.2, 0.25) is 0 Å². The van der Waals surface area contributed by atoms with Crippen LogP contribution in [0, 0.1) is 5.92 Å². The van der Waals surface area contributed by atoms with Crippen molar-refractivity contribution in [3.63, 3.8) is 0 Å². The number of rotatable bonds is 1. The number of benzene rings is 1. The van der Waals surface area contributed by atoms with Crippen molar-refractivity contribution in [1.29, 1.82) is 0 Å². The number of fused-ring (bicyclic) bond motifs is 3. The fourth-order valence-electron chi connectivity index (χ4n) is 3.14. The predicted octanol–water partition coefficient (Wildman–Crippen LogP) is 3.87. The van der Waals surface area contributed by atoms with Crippen molar-refractivity contribution in [2.24, 2.45) is 5.92 Å². The van der Waals surface area contributed by atoms with Gasteiger partial charge < -0.3 is 10.2 Å². The van der Waals surface area contributed by atoms with Gasteiger partial charge in [0.25, 0.3) is 0 Å². The molecule has 1 aromatic rings. The summed E-state index contributed by atoms with van der Waals surface area (Å²) in [7, 11) is 0. The van der Waals surface area contributed by atoms with E-state index in [0.717, 1.165) is 12.5 Å². The van der Waals surface area contributed by atoms with Crippen LogP contribution in [-0.4, -0.2) is 19.1 Å². The highest BCUT2D eigenvalue weighted by atomic mass is 79.9. The molecule has 0 amide bonds. The molecule has 0 radical (unpaired) electrons. The Morgan fingerprint density at radius 2 is 2.35 bits per heavy atom. The van der Waals surface area contributed by atoms with Crippen LogP contribution in [0.15, 0.2) is 22.7 Å². The molecule has 92 valence electrons. The number of anilines is 2. The van der Waals surface area contributed by atoms with E-state index in [1.165, 1.54) is 41.7 Å². The Kier molecular flexibility index (Phi) is 3.03. The zero-order valence-electron chi connectivity index (χ0n) is 10.2. The summed E-state index contributed by atoms with van der Waals surface area (Å²) in [5, 5.41) is 3.57. The fourth-order valence-corrected chi connectivity index (χ4v) is 3.48. The molecule has 1 saturated heterocycles. The maximum absolute atomic E-state index is 3.58. The van der Waals surface area contributed by atoms with Crippen molar-refractivity contribution in [2.45, 2.75) is 32.2 Å². The summed E-state index contributed by atoms with van der Waals surface area (Å²) in [5.41, 5.74) is 2.67. The minimum atomic E-state index is 0.690. The van der Waals surface area contributed by atoms with Crippen LogP contribution < -0.4 is 10.2 Å². The highest BCUT2D eigenvalue weighted by Gasteiger charge is 2.31. The molecule has 0 saturated carbocycles. The second-order valence-corrected chi connectivity index (χ2v) is 6.10. The van der Waals surface area contributed by atoms with E-state index in [4.69, 9.17) is 0 Å². The van der Waals surface area contributed by atoms with Gasteiger partial charge in [0.05, 0.1) is 11.4 Å². The molecule has 1 fully saturated rings. The van der Waals surface area contributed by atoms with Crippen LogP contribution in [0.1, 0.15) is 26.2 Å². The van der Waals surface area contributed by atoms with Crippen molar-refractivity contribution < 1.29 is 0 Å². The third kappa shape index (κ3) is 2.05. The summed E-state index contributed by atoms with van der Waals surface area (Å²) in [4.78, 5) is 2.60. The standard InChI is InChI=1S/C14H19BrN2/c1-2-10-5-6-17-12(7-10)9-16-13-4-3-11(15)8-14(13)17/h3-4,8,10,12,16H,2,5-7,9H2,1H3. The zero-order chi connectivity index (χ0) is 11.8. The lowest BCUT2D eigenvalue weighted by Crippen LogP contribution is -2.49. The average molecular weight is 295 g/mol. The Hall–Kier alpha value is -0.700. The van der Waals surface area contributed by atoms with Gasteiger partial charge in [-0.3, -0.25) is 0 Å². The molecule has 1 N–H and O–H groups in total. The Morgan fingerprint density at radius 3 is 3.18 bits per heavy atom. The van der Waals surface area contributed by atoms with Gasteiger partial charge in [-0.2, -0.15) is 0 Å². The summed E-state index contributed by atoms with van der Waals surface area (Å²) >= 11 is 3.58. The van der Waals surface area contributed by atoms with Crippen LogP contribution in [0.4, 0.5) is 11.4 Å². The van der Waals surface area contributed by atoms with Crippen LogP contribution >= 0.6 is 15.9 Å². The van der Waals surface area contributed by atoms with Crippen molar-refractivity contribution in [1.82, 2.24) is 0 Å². The molecule has 1 aromatic carbocycles. The molecule has 0 spiro atoms. The highest BCUT2D eigenvalue weighted by molar-refractivity contribution is 9.10. The van der Waals surface area contributed by atoms with Crippen LogP contribution in [-0.2, 0) is 0 Å². The van der Waals surface area contributed by atoms with E-state index < -0.39 is 0 Å². The Balaban J connectivity index is 1.89. The van der Waals surface area contributed by atoms with Crippen LogP contribution in [0.5, 0.6) is 0 Å². The molecular formula is C14H19BrN2. The minimum Gasteiger partial charge on any atom is -0.381 e. The second kappa shape index (κ2) is 4.52. The monoisotopic (exact) mass is 294 g/mol. The van der Waals surface area contributed by atoms with E-state index in [1.54, 1.807) is 0 Å². The van der Waals surface area contributed by atoms with E-state index in [1.807, 2.05) is 0 Å². The molecule has 0 aliphatic carbocycles. The Labute approximate surface area is 112 Å². The maximum Gasteiger partial charge on any atom is 0.0616 e. The topological polar surface area (TPSA) is 15.3 Å². The lowest BCUT2D eigenvalue weighted by atomic mass is 9.87. The lowest BCUT2D eigenvalue weighted by Gasteiger charge is -2.45. The first-order valence-corrected chi connectivity index (χ1v) is 7.37. The third-order valence-electron chi connectivity index (χ3n) is 4.20. The van der Waals surface area contributed by atoms with E-state index >= 15 is 0 Å². The van der Waals surface area contributed by atoms with Crippen molar-refractivity contribution in [3.8, 4) is 0 Å². The van der Waals surface area contributed by atoms with E-state index in [2.05, 4.69) is 51.3 Å². The fraction of sp³-hybridized carbons (Fsp3) is 0.571. The predicted molar refractivity (Wildman–Crippen MR) is 76.8 cm³/mol. The first-order chi connectivity index (χ1) is 8.28. The minimum absolute atomic E-state index is 0.690. The van der Waals surface area contributed by atoms with Crippen LogP contribution in [0.3, 0.4) is 0 Å². The Morgan fingerprint density at radius 1 is 1.47 bits per heavy atom. The number of halogens is 1. The highest BCUT2D eigenvalue weighted by Crippen LogP contribution is 2.38. The van der Waals surface area contributed by atoms with Crippen LogP contribution in [0.25, 0.3) is 0 Å². The molecule has 2 heterocycles. The third-order valence-corrected chi connectivity index (χ3v) is 4.69. The first kappa shape index (κ1) is 11.4. The first-order valence-electron chi connectivity index (χ1n) is 6.58. The summed E-state index contributed by atoms with van der Waals surface area (Å²) < 4.78 is 1.18. The number of nitrogens with zero attached hydrogens (tertiary/aromatic N) is 1. The van der Waals surface area contributed by atoms with Gasteiger partial charge in [-0.25, -0.2) is 0 Å². The zero-order valence-corrected chi connectivity index (χ0v) is 11.8. The van der Waals surface area contributed by atoms with E-state index in [9.17, 15) is 0 Å². The van der Waals surface area contributed by atoms with Gasteiger partial charge >= 0.3 is 0 Å². The summed E-state index contributed by atoms with van der Waals surface area (Å²) in [6.07, 6.45) is 4.02. The van der Waals surface area contributed by atoms with Gasteiger partial charge in [-0.1, -0.05) is 29.3 Å². The maximum atomic E-state index is 3.58. The summed E-state index contributed by atoms with van der Waals surface area (Å²) in [6.45, 7) is 4.64. The van der Waals surface area contributed by atoms with Crippen molar-refractivity contribution in [3.05, 3.63) is 22.7 Å². The molecule has 0 bridgehead atoms. The SMILES string of the molecule is CCC1CCN2c3cc(Br)ccc3NCC2C1. The van der Waals surface area contributed by atoms with Gasteiger partial charge in [0.2, 0.25) is 0 Å². The smallest absolute Gasteiger partial charge is 0.0616 e. The van der Waals surface area contributed by atoms with Gasteiger partial charge in [0.15, 0.2) is 0 Å². The Bertz CT molecular complexity index is 419. The number of piperidine rings is 1. The van der Waals surface area contributed by atoms with E-state index in [0.29, 0.717) is 6.04 Å². The van der Waals surface area contributed by atoms with E-state index in [-0.39, 0.29) is 0 Å². The van der Waals surface area contributed by atoms with Gasteiger partial charge in [0.1, 0.15) is 0 Å². The van der Waals surface area contributed by atoms with Gasteiger partial charge in [-0.15, -0.1) is 0 Å². The molecule has 2 aliphatic rings.